The molecule has 2 fully saturated rings. The molecule has 4 heterocycles. The summed E-state index contributed by atoms with van der Waals surface area (Å²) in [5.41, 5.74) is 4.34. The van der Waals surface area contributed by atoms with Crippen LogP contribution in [0.2, 0.25) is 5.02 Å². The predicted molar refractivity (Wildman–Crippen MR) is 130 cm³/mol. The molecule has 8 nitrogen and oxygen atoms in total. The summed E-state index contributed by atoms with van der Waals surface area (Å²) in [6.45, 7) is 9.38. The number of hydrogen-bond donors (Lipinski definition) is 2. The number of aliphatic hydroxyl groups excluding tert-OH is 1. The number of aromatic nitrogens is 3. The molecule has 0 saturated carbocycles. The highest BCUT2D eigenvalue weighted by molar-refractivity contribution is 6.30. The summed E-state index contributed by atoms with van der Waals surface area (Å²) < 4.78 is 5.01. The molecule has 2 atom stereocenters. The summed E-state index contributed by atoms with van der Waals surface area (Å²) in [6.07, 6.45) is 2.48. The first-order valence-corrected chi connectivity index (χ1v) is 12.1. The molecule has 33 heavy (non-hydrogen) atoms. The van der Waals surface area contributed by atoms with E-state index in [9.17, 15) is 5.11 Å². The fourth-order valence-electron chi connectivity index (χ4n) is 5.29. The van der Waals surface area contributed by atoms with Gasteiger partial charge in [-0.25, -0.2) is 9.61 Å². The number of benzene rings is 1. The van der Waals surface area contributed by atoms with Gasteiger partial charge in [0.2, 0.25) is 5.65 Å². The molecule has 9 heteroatoms. The van der Waals surface area contributed by atoms with Gasteiger partial charge in [-0.1, -0.05) is 17.7 Å². The minimum absolute atomic E-state index is 0.0568. The first-order chi connectivity index (χ1) is 16.0. The Balaban J connectivity index is 1.30. The van der Waals surface area contributed by atoms with Crippen LogP contribution in [0.15, 0.2) is 28.9 Å². The van der Waals surface area contributed by atoms with Gasteiger partial charge in [0.25, 0.3) is 0 Å². The van der Waals surface area contributed by atoms with Gasteiger partial charge in [-0.2, -0.15) is 0 Å². The number of likely N-dealkylation sites (tertiary alicyclic amines) is 1. The molecule has 0 radical (unpaired) electrons. The van der Waals surface area contributed by atoms with Crippen LogP contribution in [0.25, 0.3) is 11.2 Å². The standard InChI is InChI=1S/C24H31ClN6O2/c1-15-10-19(25)5-6-20(15)16(2)26-21-11-22(27-24-23(21)28-33-29-24)31-13-18(14-31)17-4-3-7-30(12-17)8-9-32/h5-6,10-11,16-18,26,32H,3-4,7-9,12-14H2,1-2H3/t16-,17+/m1/s1. The van der Waals surface area contributed by atoms with Gasteiger partial charge < -0.3 is 20.2 Å². The number of anilines is 2. The van der Waals surface area contributed by atoms with E-state index in [-0.39, 0.29) is 12.6 Å². The second kappa shape index (κ2) is 9.44. The molecule has 1 aromatic carbocycles. The van der Waals surface area contributed by atoms with Crippen LogP contribution < -0.4 is 10.2 Å². The van der Waals surface area contributed by atoms with E-state index in [1.807, 2.05) is 12.1 Å². The Morgan fingerprint density at radius 2 is 2.06 bits per heavy atom. The summed E-state index contributed by atoms with van der Waals surface area (Å²) in [7, 11) is 0. The molecule has 0 amide bonds. The van der Waals surface area contributed by atoms with E-state index in [4.69, 9.17) is 21.2 Å². The van der Waals surface area contributed by atoms with Crippen LogP contribution in [-0.2, 0) is 0 Å². The van der Waals surface area contributed by atoms with Crippen molar-refractivity contribution in [1.29, 1.82) is 0 Å². The second-order valence-electron chi connectivity index (χ2n) is 9.42. The van der Waals surface area contributed by atoms with E-state index in [0.717, 1.165) is 54.8 Å². The number of nitrogens with zero attached hydrogens (tertiary/aromatic N) is 5. The number of piperidine rings is 1. The third-order valence-electron chi connectivity index (χ3n) is 7.15. The van der Waals surface area contributed by atoms with Crippen molar-refractivity contribution in [1.82, 2.24) is 20.2 Å². The van der Waals surface area contributed by atoms with E-state index in [1.54, 1.807) is 0 Å². The largest absolute Gasteiger partial charge is 0.395 e. The summed E-state index contributed by atoms with van der Waals surface area (Å²) in [4.78, 5) is 9.41. The molecule has 2 saturated heterocycles. The molecule has 0 bridgehead atoms. The smallest absolute Gasteiger partial charge is 0.228 e. The second-order valence-corrected chi connectivity index (χ2v) is 9.86. The highest BCUT2D eigenvalue weighted by atomic mass is 35.5. The monoisotopic (exact) mass is 470 g/mol. The molecule has 0 spiro atoms. The summed E-state index contributed by atoms with van der Waals surface area (Å²) in [5.74, 6) is 2.25. The van der Waals surface area contributed by atoms with E-state index < -0.39 is 0 Å². The Morgan fingerprint density at radius 1 is 1.21 bits per heavy atom. The lowest BCUT2D eigenvalue weighted by atomic mass is 9.80. The number of rotatable bonds is 7. The van der Waals surface area contributed by atoms with Gasteiger partial charge in [0.05, 0.1) is 12.3 Å². The maximum Gasteiger partial charge on any atom is 0.228 e. The molecular formula is C24H31ClN6O2. The number of β-amino-alcohol motifs (C(OH)–C–C–N with tert-alkyl or cyclic N) is 1. The van der Waals surface area contributed by atoms with Crippen LogP contribution in [0.5, 0.6) is 0 Å². The van der Waals surface area contributed by atoms with E-state index >= 15 is 0 Å². The van der Waals surface area contributed by atoms with Gasteiger partial charge in [-0.05, 0) is 78.6 Å². The van der Waals surface area contributed by atoms with Gasteiger partial charge in [-0.3, -0.25) is 0 Å². The predicted octanol–water partition coefficient (Wildman–Crippen LogP) is 3.89. The van der Waals surface area contributed by atoms with E-state index in [1.165, 1.54) is 18.4 Å². The first-order valence-electron chi connectivity index (χ1n) is 11.8. The number of aliphatic hydroxyl groups is 1. The van der Waals surface area contributed by atoms with Gasteiger partial charge in [0, 0.05) is 43.3 Å². The van der Waals surface area contributed by atoms with Crippen molar-refractivity contribution in [2.24, 2.45) is 11.8 Å². The van der Waals surface area contributed by atoms with Crippen LogP contribution in [0.4, 0.5) is 11.5 Å². The molecule has 176 valence electrons. The molecule has 2 aliphatic rings. The Morgan fingerprint density at radius 3 is 2.85 bits per heavy atom. The number of nitrogens with one attached hydrogen (secondary N) is 1. The van der Waals surface area contributed by atoms with Gasteiger partial charge in [-0.15, -0.1) is 0 Å². The van der Waals surface area contributed by atoms with E-state index in [2.05, 4.69) is 51.4 Å². The number of hydrogen-bond acceptors (Lipinski definition) is 8. The van der Waals surface area contributed by atoms with Crippen LogP contribution in [0.3, 0.4) is 0 Å². The van der Waals surface area contributed by atoms with Crippen molar-refractivity contribution < 1.29 is 9.74 Å². The molecule has 0 unspecified atom stereocenters. The van der Waals surface area contributed by atoms with Crippen LogP contribution in [0.1, 0.15) is 36.9 Å². The average molecular weight is 471 g/mol. The number of pyridine rings is 1. The third-order valence-corrected chi connectivity index (χ3v) is 7.38. The van der Waals surface area contributed by atoms with Crippen LogP contribution in [-0.4, -0.2) is 64.6 Å². The third kappa shape index (κ3) is 4.65. The Kier molecular flexibility index (Phi) is 6.40. The molecule has 5 rings (SSSR count). The SMILES string of the molecule is Cc1cc(Cl)ccc1[C@@H](C)Nc1cc(N2CC([C@H]3CCCN(CCO)C3)C2)nc2nonc12. The molecular weight excluding hydrogens is 440 g/mol. The van der Waals surface area contributed by atoms with Crippen molar-refractivity contribution in [2.45, 2.75) is 32.7 Å². The average Bonchev–Trinajstić information content (AvgIpc) is 3.22. The van der Waals surface area contributed by atoms with Gasteiger partial charge in [0.1, 0.15) is 5.82 Å². The number of fused-ring (bicyclic) bond motifs is 1. The summed E-state index contributed by atoms with van der Waals surface area (Å²) in [5, 5.41) is 21.7. The lowest BCUT2D eigenvalue weighted by Crippen LogP contribution is -2.54. The first kappa shape index (κ1) is 22.4. The number of halogens is 1. The quantitative estimate of drug-likeness (QED) is 0.537. The minimum atomic E-state index is 0.0568. The highest BCUT2D eigenvalue weighted by Crippen LogP contribution is 2.36. The van der Waals surface area contributed by atoms with Crippen molar-refractivity contribution in [3.05, 3.63) is 40.4 Å². The maximum atomic E-state index is 9.27. The lowest BCUT2D eigenvalue weighted by molar-refractivity contribution is 0.102. The van der Waals surface area contributed by atoms with E-state index in [0.29, 0.717) is 23.0 Å². The molecule has 0 aliphatic carbocycles. The van der Waals surface area contributed by atoms with Crippen LogP contribution in [0, 0.1) is 18.8 Å². The molecule has 2 aromatic heterocycles. The Bertz CT molecular complexity index is 1110. The fraction of sp³-hybridized carbons (Fsp3) is 0.542. The molecule has 2 N–H and O–H groups in total. The van der Waals surface area contributed by atoms with Crippen molar-refractivity contribution in [3.63, 3.8) is 0 Å². The van der Waals surface area contributed by atoms with Crippen molar-refractivity contribution in [2.75, 3.05) is 49.5 Å². The molecule has 2 aliphatic heterocycles. The fourth-order valence-corrected chi connectivity index (χ4v) is 5.52. The minimum Gasteiger partial charge on any atom is -0.395 e. The van der Waals surface area contributed by atoms with Crippen molar-refractivity contribution in [3.8, 4) is 0 Å². The number of aryl methyl sites for hydroxylation is 1. The zero-order chi connectivity index (χ0) is 22.9. The maximum absolute atomic E-state index is 9.27. The normalized spacial score (nSPS) is 20.7. The van der Waals surface area contributed by atoms with Crippen molar-refractivity contribution >= 4 is 34.3 Å². The van der Waals surface area contributed by atoms with Gasteiger partial charge in [0.15, 0.2) is 5.52 Å². The summed E-state index contributed by atoms with van der Waals surface area (Å²) in [6, 6.07) is 8.07. The lowest BCUT2D eigenvalue weighted by Gasteiger charge is -2.47. The van der Waals surface area contributed by atoms with Crippen LogP contribution >= 0.6 is 11.6 Å². The topological polar surface area (TPSA) is 90.5 Å². The molecule has 3 aromatic rings. The van der Waals surface area contributed by atoms with Gasteiger partial charge >= 0.3 is 0 Å². The highest BCUT2D eigenvalue weighted by Gasteiger charge is 2.36. The zero-order valence-corrected chi connectivity index (χ0v) is 19.9. The Hall–Kier alpha value is -2.42. The zero-order valence-electron chi connectivity index (χ0n) is 19.2. The summed E-state index contributed by atoms with van der Waals surface area (Å²) >= 11 is 6.14. The Labute approximate surface area is 198 Å².